The molecular formula is C24H23N3O5S2. The Bertz CT molecular complexity index is 1440. The summed E-state index contributed by atoms with van der Waals surface area (Å²) in [7, 11) is -2.41. The van der Waals surface area contributed by atoms with E-state index in [4.69, 9.17) is 9.15 Å². The average molecular weight is 498 g/mol. The number of aromatic nitrogens is 1. The maximum absolute atomic E-state index is 12.9. The Kier molecular flexibility index (Phi) is 6.80. The first-order valence-corrected chi connectivity index (χ1v) is 12.8. The van der Waals surface area contributed by atoms with Crippen molar-refractivity contribution in [1.29, 1.82) is 0 Å². The number of hydrogen-bond acceptors (Lipinski definition) is 7. The van der Waals surface area contributed by atoms with Gasteiger partial charge in [0.2, 0.25) is 5.91 Å². The fourth-order valence-corrected chi connectivity index (χ4v) is 5.09. The molecule has 0 saturated carbocycles. The Balaban J connectivity index is 1.47. The number of benzene rings is 3. The molecule has 1 aromatic heterocycles. The van der Waals surface area contributed by atoms with Crippen molar-refractivity contribution in [3.63, 3.8) is 0 Å². The Morgan fingerprint density at radius 2 is 1.79 bits per heavy atom. The molecule has 10 heteroatoms. The first-order chi connectivity index (χ1) is 16.3. The van der Waals surface area contributed by atoms with Gasteiger partial charge in [-0.25, -0.2) is 13.4 Å². The summed E-state index contributed by atoms with van der Waals surface area (Å²) >= 11 is 1.13. The number of aryl methyl sites for hydroxylation is 2. The number of fused-ring (bicyclic) bond motifs is 1. The molecule has 2 N–H and O–H groups in total. The number of sulfonamides is 1. The summed E-state index contributed by atoms with van der Waals surface area (Å²) in [4.78, 5) is 16.8. The number of anilines is 2. The van der Waals surface area contributed by atoms with Crippen molar-refractivity contribution in [1.82, 2.24) is 4.98 Å². The van der Waals surface area contributed by atoms with Crippen LogP contribution in [0.2, 0.25) is 0 Å². The van der Waals surface area contributed by atoms with Gasteiger partial charge in [0.05, 0.1) is 23.4 Å². The lowest BCUT2D eigenvalue weighted by Gasteiger charge is -2.11. The minimum atomic E-state index is -3.88. The van der Waals surface area contributed by atoms with Gasteiger partial charge in [0.1, 0.15) is 11.3 Å². The summed E-state index contributed by atoms with van der Waals surface area (Å²) in [6.07, 6.45) is 0. The Morgan fingerprint density at radius 1 is 1.06 bits per heavy atom. The standard InChI is InChI=1S/C24H23N3O5S2/c1-15-7-6-8-16(2)23(15)26-22(28)14-33-24-25-19-13-17(11-12-21(19)32-24)34(29,30)27-18-9-4-5-10-20(18)31-3/h4-13,27H,14H2,1-3H3,(H,26,28). The number of nitrogens with zero attached hydrogens (tertiary/aromatic N) is 1. The van der Waals surface area contributed by atoms with E-state index < -0.39 is 10.0 Å². The molecule has 3 aromatic carbocycles. The van der Waals surface area contributed by atoms with E-state index in [1.165, 1.54) is 19.2 Å². The molecule has 0 aliphatic carbocycles. The second-order valence-electron chi connectivity index (χ2n) is 7.52. The van der Waals surface area contributed by atoms with Gasteiger partial charge in [0, 0.05) is 5.69 Å². The third kappa shape index (κ3) is 5.18. The van der Waals surface area contributed by atoms with Crippen molar-refractivity contribution >= 4 is 50.2 Å². The molecule has 0 spiro atoms. The molecule has 8 nitrogen and oxygen atoms in total. The van der Waals surface area contributed by atoms with Crippen LogP contribution in [0.25, 0.3) is 11.1 Å². The van der Waals surface area contributed by atoms with Gasteiger partial charge in [0.15, 0.2) is 5.58 Å². The first kappa shape index (κ1) is 23.7. The molecule has 176 valence electrons. The zero-order valence-corrected chi connectivity index (χ0v) is 20.4. The topological polar surface area (TPSA) is 111 Å². The summed E-state index contributed by atoms with van der Waals surface area (Å²) in [6.45, 7) is 3.87. The predicted octanol–water partition coefficient (Wildman–Crippen LogP) is 4.98. The molecule has 0 aliphatic rings. The monoisotopic (exact) mass is 497 g/mol. The number of nitrogens with one attached hydrogen (secondary N) is 2. The zero-order chi connectivity index (χ0) is 24.3. The van der Waals surface area contributed by atoms with Crippen molar-refractivity contribution in [2.75, 3.05) is 22.9 Å². The van der Waals surface area contributed by atoms with Crippen LogP contribution in [0.1, 0.15) is 11.1 Å². The van der Waals surface area contributed by atoms with Crippen LogP contribution >= 0.6 is 11.8 Å². The summed E-state index contributed by atoms with van der Waals surface area (Å²) in [5.74, 6) is 0.321. The number of para-hydroxylation sites is 3. The fraction of sp³-hybridized carbons (Fsp3) is 0.167. The van der Waals surface area contributed by atoms with Gasteiger partial charge in [-0.3, -0.25) is 9.52 Å². The summed E-state index contributed by atoms with van der Waals surface area (Å²) < 4.78 is 39.2. The molecule has 1 amide bonds. The number of methoxy groups -OCH3 is 1. The second-order valence-corrected chi connectivity index (χ2v) is 10.1. The van der Waals surface area contributed by atoms with Crippen LogP contribution < -0.4 is 14.8 Å². The van der Waals surface area contributed by atoms with E-state index in [0.717, 1.165) is 28.6 Å². The zero-order valence-electron chi connectivity index (χ0n) is 18.8. The summed E-state index contributed by atoms with van der Waals surface area (Å²) in [6, 6.07) is 17.0. The molecule has 1 heterocycles. The number of ether oxygens (including phenoxy) is 1. The van der Waals surface area contributed by atoms with Crippen molar-refractivity contribution in [3.8, 4) is 5.75 Å². The maximum atomic E-state index is 12.9. The second kappa shape index (κ2) is 9.78. The molecule has 34 heavy (non-hydrogen) atoms. The number of carbonyl (C=O) groups excluding carboxylic acids is 1. The fourth-order valence-electron chi connectivity index (χ4n) is 3.36. The van der Waals surface area contributed by atoms with Gasteiger partial charge in [-0.15, -0.1) is 0 Å². The van der Waals surface area contributed by atoms with Gasteiger partial charge in [0.25, 0.3) is 15.2 Å². The number of carbonyl (C=O) groups is 1. The van der Waals surface area contributed by atoms with Crippen LogP contribution in [-0.2, 0) is 14.8 Å². The van der Waals surface area contributed by atoms with Gasteiger partial charge in [-0.05, 0) is 55.3 Å². The predicted molar refractivity (Wildman–Crippen MR) is 133 cm³/mol. The molecule has 0 bridgehead atoms. The molecular weight excluding hydrogens is 474 g/mol. The van der Waals surface area contributed by atoms with E-state index in [0.29, 0.717) is 22.5 Å². The highest BCUT2D eigenvalue weighted by Gasteiger charge is 2.19. The first-order valence-electron chi connectivity index (χ1n) is 10.3. The highest BCUT2D eigenvalue weighted by Crippen LogP contribution is 2.29. The van der Waals surface area contributed by atoms with Gasteiger partial charge in [-0.2, -0.15) is 0 Å². The van der Waals surface area contributed by atoms with Crippen LogP contribution in [0.4, 0.5) is 11.4 Å². The molecule has 0 atom stereocenters. The lowest BCUT2D eigenvalue weighted by atomic mass is 10.1. The number of oxazole rings is 1. The number of thioether (sulfide) groups is 1. The Labute approximate surface area is 201 Å². The highest BCUT2D eigenvalue weighted by molar-refractivity contribution is 7.99. The van der Waals surface area contributed by atoms with Gasteiger partial charge >= 0.3 is 0 Å². The van der Waals surface area contributed by atoms with E-state index >= 15 is 0 Å². The largest absolute Gasteiger partial charge is 0.495 e. The van der Waals surface area contributed by atoms with E-state index in [1.807, 2.05) is 32.0 Å². The van der Waals surface area contributed by atoms with Crippen LogP contribution in [0.5, 0.6) is 5.75 Å². The van der Waals surface area contributed by atoms with E-state index in [-0.39, 0.29) is 21.8 Å². The van der Waals surface area contributed by atoms with Crippen LogP contribution in [0.3, 0.4) is 0 Å². The molecule has 0 radical (unpaired) electrons. The van der Waals surface area contributed by atoms with Crippen molar-refractivity contribution in [3.05, 3.63) is 71.8 Å². The lowest BCUT2D eigenvalue weighted by molar-refractivity contribution is -0.113. The van der Waals surface area contributed by atoms with E-state index in [9.17, 15) is 13.2 Å². The SMILES string of the molecule is COc1ccccc1NS(=O)(=O)c1ccc2oc(SCC(=O)Nc3c(C)cccc3C)nc2c1. The van der Waals surface area contributed by atoms with E-state index in [2.05, 4.69) is 15.0 Å². The maximum Gasteiger partial charge on any atom is 0.262 e. The quantitative estimate of drug-likeness (QED) is 0.330. The van der Waals surface area contributed by atoms with Crippen LogP contribution in [0, 0.1) is 13.8 Å². The normalized spacial score (nSPS) is 11.4. The van der Waals surface area contributed by atoms with Crippen molar-refractivity contribution < 1.29 is 22.4 Å². The Morgan fingerprint density at radius 3 is 2.53 bits per heavy atom. The molecule has 0 aliphatic heterocycles. The number of rotatable bonds is 8. The average Bonchev–Trinajstić information content (AvgIpc) is 3.23. The number of amides is 1. The van der Waals surface area contributed by atoms with Gasteiger partial charge < -0.3 is 14.5 Å². The third-order valence-corrected chi connectivity index (χ3v) is 7.26. The molecule has 4 aromatic rings. The summed E-state index contributed by atoms with van der Waals surface area (Å²) in [5.41, 5.74) is 3.89. The molecule has 0 unspecified atom stereocenters. The van der Waals surface area contributed by atoms with Crippen molar-refractivity contribution in [2.24, 2.45) is 0 Å². The smallest absolute Gasteiger partial charge is 0.262 e. The third-order valence-electron chi connectivity index (χ3n) is 5.07. The molecule has 0 fully saturated rings. The highest BCUT2D eigenvalue weighted by atomic mass is 32.2. The van der Waals surface area contributed by atoms with Gasteiger partial charge in [-0.1, -0.05) is 42.1 Å². The minimum Gasteiger partial charge on any atom is -0.495 e. The van der Waals surface area contributed by atoms with E-state index in [1.54, 1.807) is 30.3 Å². The van der Waals surface area contributed by atoms with Crippen molar-refractivity contribution in [2.45, 2.75) is 24.0 Å². The summed E-state index contributed by atoms with van der Waals surface area (Å²) in [5, 5.41) is 3.19. The minimum absolute atomic E-state index is 0.0310. The molecule has 0 saturated heterocycles. The van der Waals surface area contributed by atoms with Crippen LogP contribution in [-0.4, -0.2) is 32.2 Å². The Hall–Kier alpha value is -3.50. The molecule has 4 rings (SSSR count). The number of hydrogen-bond donors (Lipinski definition) is 2. The lowest BCUT2D eigenvalue weighted by Crippen LogP contribution is -2.15. The van der Waals surface area contributed by atoms with Crippen LogP contribution in [0.15, 0.2) is 75.2 Å².